The Bertz CT molecular complexity index is 711. The van der Waals surface area contributed by atoms with Gasteiger partial charge in [-0.3, -0.25) is 9.59 Å². The molecule has 24 heavy (non-hydrogen) atoms. The van der Waals surface area contributed by atoms with Crippen LogP contribution in [0.2, 0.25) is 0 Å². The number of aliphatic hydroxyl groups is 1. The standard InChI is InChI=1S/C18H22N2O3S/c1-4-16(21)20(3)14-9-6-5-8-13(14)17(22)19-12-18(2,23)15-10-7-11-24-15/h5-11,23H,4,12H2,1-3H3,(H,19,22). The van der Waals surface area contributed by atoms with E-state index in [1.165, 1.54) is 16.2 Å². The lowest BCUT2D eigenvalue weighted by Gasteiger charge is -2.24. The second-order valence-electron chi connectivity index (χ2n) is 5.76. The lowest BCUT2D eigenvalue weighted by molar-refractivity contribution is -0.118. The molecule has 6 heteroatoms. The fourth-order valence-electron chi connectivity index (χ4n) is 2.35. The van der Waals surface area contributed by atoms with Gasteiger partial charge < -0.3 is 15.3 Å². The minimum atomic E-state index is -1.14. The molecule has 0 radical (unpaired) electrons. The van der Waals surface area contributed by atoms with Gasteiger partial charge in [-0.25, -0.2) is 0 Å². The third-order valence-corrected chi connectivity index (χ3v) is 4.95. The van der Waals surface area contributed by atoms with E-state index in [1.54, 1.807) is 45.2 Å². The number of para-hydroxylation sites is 1. The van der Waals surface area contributed by atoms with Crippen molar-refractivity contribution >= 4 is 28.8 Å². The molecular weight excluding hydrogens is 324 g/mol. The molecule has 0 saturated carbocycles. The average Bonchev–Trinajstić information content (AvgIpc) is 3.14. The van der Waals surface area contributed by atoms with E-state index in [4.69, 9.17) is 0 Å². The van der Waals surface area contributed by atoms with E-state index in [9.17, 15) is 14.7 Å². The monoisotopic (exact) mass is 346 g/mol. The number of anilines is 1. The van der Waals surface area contributed by atoms with Crippen LogP contribution in [0, 0.1) is 0 Å². The molecule has 1 atom stereocenters. The predicted molar refractivity (Wildman–Crippen MR) is 96.4 cm³/mol. The van der Waals surface area contributed by atoms with Gasteiger partial charge in [0, 0.05) is 18.3 Å². The first-order chi connectivity index (χ1) is 11.4. The Morgan fingerprint density at radius 3 is 2.58 bits per heavy atom. The van der Waals surface area contributed by atoms with E-state index in [2.05, 4.69) is 5.32 Å². The van der Waals surface area contributed by atoms with Crippen LogP contribution < -0.4 is 10.2 Å². The number of nitrogens with zero attached hydrogens (tertiary/aromatic N) is 1. The first-order valence-corrected chi connectivity index (χ1v) is 8.65. The Kier molecular flexibility index (Phi) is 5.75. The number of carbonyl (C=O) groups is 2. The summed E-state index contributed by atoms with van der Waals surface area (Å²) >= 11 is 1.44. The van der Waals surface area contributed by atoms with Crippen LogP contribution in [0.4, 0.5) is 5.69 Å². The minimum Gasteiger partial charge on any atom is -0.383 e. The van der Waals surface area contributed by atoms with Gasteiger partial charge in [0.15, 0.2) is 0 Å². The molecule has 0 spiro atoms. The molecule has 0 aliphatic heterocycles. The highest BCUT2D eigenvalue weighted by Crippen LogP contribution is 2.25. The first kappa shape index (κ1) is 18.2. The van der Waals surface area contributed by atoms with Gasteiger partial charge in [-0.15, -0.1) is 11.3 Å². The highest BCUT2D eigenvalue weighted by atomic mass is 32.1. The van der Waals surface area contributed by atoms with Gasteiger partial charge in [-0.1, -0.05) is 25.1 Å². The van der Waals surface area contributed by atoms with Gasteiger partial charge in [0.1, 0.15) is 5.60 Å². The minimum absolute atomic E-state index is 0.0687. The van der Waals surface area contributed by atoms with Crippen molar-refractivity contribution < 1.29 is 14.7 Å². The molecular formula is C18H22N2O3S. The molecule has 0 bridgehead atoms. The highest BCUT2D eigenvalue weighted by Gasteiger charge is 2.26. The second-order valence-corrected chi connectivity index (χ2v) is 6.70. The summed E-state index contributed by atoms with van der Waals surface area (Å²) in [5.74, 6) is -0.390. The molecule has 2 amide bonds. The molecule has 0 saturated heterocycles. The highest BCUT2D eigenvalue weighted by molar-refractivity contribution is 7.10. The number of hydrogen-bond acceptors (Lipinski definition) is 4. The van der Waals surface area contributed by atoms with E-state index in [0.29, 0.717) is 17.7 Å². The van der Waals surface area contributed by atoms with E-state index in [0.717, 1.165) is 4.88 Å². The summed E-state index contributed by atoms with van der Waals surface area (Å²) in [6.07, 6.45) is 0.361. The fraction of sp³-hybridized carbons (Fsp3) is 0.333. The van der Waals surface area contributed by atoms with Crippen LogP contribution in [0.1, 0.15) is 35.5 Å². The largest absolute Gasteiger partial charge is 0.383 e. The summed E-state index contributed by atoms with van der Waals surface area (Å²) in [6.45, 7) is 3.53. The molecule has 0 aliphatic rings. The van der Waals surface area contributed by atoms with Crippen LogP contribution in [-0.4, -0.2) is 30.5 Å². The Morgan fingerprint density at radius 1 is 1.25 bits per heavy atom. The molecule has 5 nitrogen and oxygen atoms in total. The topological polar surface area (TPSA) is 69.6 Å². The van der Waals surface area contributed by atoms with Crippen LogP contribution in [0.25, 0.3) is 0 Å². The molecule has 0 aliphatic carbocycles. The van der Waals surface area contributed by atoms with Crippen LogP contribution >= 0.6 is 11.3 Å². The summed E-state index contributed by atoms with van der Waals surface area (Å²) in [5.41, 5.74) is -0.175. The quantitative estimate of drug-likeness (QED) is 0.845. The third kappa shape index (κ3) is 4.01. The van der Waals surface area contributed by atoms with Crippen molar-refractivity contribution in [2.75, 3.05) is 18.5 Å². The number of carbonyl (C=O) groups excluding carboxylic acids is 2. The molecule has 1 aromatic carbocycles. The summed E-state index contributed by atoms with van der Waals surface area (Å²) in [5, 5.41) is 15.1. The first-order valence-electron chi connectivity index (χ1n) is 7.77. The van der Waals surface area contributed by atoms with Gasteiger partial charge >= 0.3 is 0 Å². The van der Waals surface area contributed by atoms with E-state index < -0.39 is 5.60 Å². The van der Waals surface area contributed by atoms with Crippen molar-refractivity contribution in [1.29, 1.82) is 0 Å². The SMILES string of the molecule is CCC(=O)N(C)c1ccccc1C(=O)NCC(C)(O)c1cccs1. The zero-order chi connectivity index (χ0) is 17.7. The molecule has 2 aromatic rings. The van der Waals surface area contributed by atoms with Crippen molar-refractivity contribution in [3.05, 3.63) is 52.2 Å². The molecule has 0 fully saturated rings. The van der Waals surface area contributed by atoms with E-state index >= 15 is 0 Å². The Hall–Kier alpha value is -2.18. The van der Waals surface area contributed by atoms with Gasteiger partial charge in [0.05, 0.1) is 17.8 Å². The Labute approximate surface area is 145 Å². The molecule has 1 aromatic heterocycles. The van der Waals surface area contributed by atoms with Gasteiger partial charge in [0.25, 0.3) is 5.91 Å². The maximum absolute atomic E-state index is 12.5. The van der Waals surface area contributed by atoms with Crippen molar-refractivity contribution in [2.45, 2.75) is 25.9 Å². The van der Waals surface area contributed by atoms with Crippen molar-refractivity contribution in [1.82, 2.24) is 5.32 Å². The normalized spacial score (nSPS) is 13.2. The van der Waals surface area contributed by atoms with Crippen LogP contribution in [-0.2, 0) is 10.4 Å². The second kappa shape index (κ2) is 7.59. The van der Waals surface area contributed by atoms with Crippen LogP contribution in [0.5, 0.6) is 0 Å². The summed E-state index contributed by atoms with van der Waals surface area (Å²) in [7, 11) is 1.65. The van der Waals surface area contributed by atoms with Gasteiger partial charge in [0.2, 0.25) is 5.91 Å². The molecule has 1 unspecified atom stereocenters. The number of hydrogen-bond donors (Lipinski definition) is 2. The fourth-order valence-corrected chi connectivity index (χ4v) is 3.14. The summed E-state index contributed by atoms with van der Waals surface area (Å²) < 4.78 is 0. The van der Waals surface area contributed by atoms with Crippen LogP contribution in [0.3, 0.4) is 0 Å². The van der Waals surface area contributed by atoms with E-state index in [1.807, 2.05) is 17.5 Å². The smallest absolute Gasteiger partial charge is 0.253 e. The van der Waals surface area contributed by atoms with Crippen molar-refractivity contribution in [3.8, 4) is 0 Å². The van der Waals surface area contributed by atoms with E-state index in [-0.39, 0.29) is 18.4 Å². The zero-order valence-corrected chi connectivity index (χ0v) is 14.9. The number of rotatable bonds is 6. The van der Waals surface area contributed by atoms with Crippen molar-refractivity contribution in [3.63, 3.8) is 0 Å². The Balaban J connectivity index is 2.15. The Morgan fingerprint density at radius 2 is 1.96 bits per heavy atom. The third-order valence-electron chi connectivity index (χ3n) is 3.83. The predicted octanol–water partition coefficient (Wildman–Crippen LogP) is 2.76. The molecule has 2 N–H and O–H groups in total. The number of amides is 2. The number of nitrogens with one attached hydrogen (secondary N) is 1. The summed E-state index contributed by atoms with van der Waals surface area (Å²) in [4.78, 5) is 26.7. The van der Waals surface area contributed by atoms with Gasteiger partial charge in [-0.05, 0) is 30.5 Å². The lowest BCUT2D eigenvalue weighted by atomic mass is 10.0. The molecule has 2 rings (SSSR count). The number of thiophene rings is 1. The average molecular weight is 346 g/mol. The maximum Gasteiger partial charge on any atom is 0.253 e. The van der Waals surface area contributed by atoms with Crippen molar-refractivity contribution in [2.24, 2.45) is 0 Å². The van der Waals surface area contributed by atoms with Gasteiger partial charge in [-0.2, -0.15) is 0 Å². The maximum atomic E-state index is 12.5. The zero-order valence-electron chi connectivity index (χ0n) is 14.1. The van der Waals surface area contributed by atoms with Crippen LogP contribution in [0.15, 0.2) is 41.8 Å². The molecule has 1 heterocycles. The molecule has 128 valence electrons. The summed E-state index contributed by atoms with van der Waals surface area (Å²) in [6, 6.07) is 10.6. The lowest BCUT2D eigenvalue weighted by Crippen LogP contribution is -2.38. The number of benzene rings is 1.